The van der Waals surface area contributed by atoms with Crippen LogP contribution in [0.1, 0.15) is 13.8 Å². The average Bonchev–Trinajstić information content (AvgIpc) is 2.52. The van der Waals surface area contributed by atoms with Crippen molar-refractivity contribution in [3.8, 4) is 0 Å². The van der Waals surface area contributed by atoms with Gasteiger partial charge in [-0.3, -0.25) is 0 Å². The molecule has 0 amide bonds. The lowest BCUT2D eigenvalue weighted by molar-refractivity contribution is -0.317. The molecule has 6 heteroatoms. The second-order valence-corrected chi connectivity index (χ2v) is 3.86. The van der Waals surface area contributed by atoms with Crippen LogP contribution in [0.3, 0.4) is 0 Å². The summed E-state index contributed by atoms with van der Waals surface area (Å²) < 4.78 is 10.7. The molecule has 90 valence electrons. The van der Waals surface area contributed by atoms with Gasteiger partial charge < -0.3 is 19.7 Å². The van der Waals surface area contributed by atoms with Gasteiger partial charge in [-0.05, 0) is 13.8 Å². The number of aliphatic hydroxyl groups is 2. The quantitative estimate of drug-likeness (QED) is 0.356. The van der Waals surface area contributed by atoms with Gasteiger partial charge in [-0.15, -0.1) is 0 Å². The van der Waals surface area contributed by atoms with Gasteiger partial charge in [0, 0.05) is 0 Å². The molecule has 2 N–H and O–H groups in total. The lowest BCUT2D eigenvalue weighted by atomic mass is 10.4. The monoisotopic (exact) mass is 222 g/mol. The molecule has 0 aliphatic carbocycles. The number of aliphatic hydroxyl groups excluding tert-OH is 2. The number of ether oxygens (including phenoxy) is 2. The van der Waals surface area contributed by atoms with Crippen molar-refractivity contribution in [3.63, 3.8) is 0 Å². The van der Waals surface area contributed by atoms with Gasteiger partial charge in [0.05, 0.1) is 13.2 Å². The minimum Gasteiger partial charge on any atom is -0.394 e. The Kier molecular flexibility index (Phi) is 4.91. The lowest BCUT2D eigenvalue weighted by Crippen LogP contribution is -2.25. The molecule has 0 spiro atoms. The van der Waals surface area contributed by atoms with E-state index < -0.39 is 11.9 Å². The first-order chi connectivity index (χ1) is 7.03. The lowest BCUT2D eigenvalue weighted by Gasteiger charge is -2.16. The highest BCUT2D eigenvalue weighted by molar-refractivity contribution is 4.69. The molecule has 1 aliphatic heterocycles. The zero-order valence-electron chi connectivity index (χ0n) is 9.01. The predicted molar refractivity (Wildman–Crippen MR) is 49.9 cm³/mol. The number of hydrogen-bond acceptors (Lipinski definition) is 6. The highest BCUT2D eigenvalue weighted by Crippen LogP contribution is 2.22. The van der Waals surface area contributed by atoms with Crippen LogP contribution in [0.2, 0.25) is 0 Å². The van der Waals surface area contributed by atoms with Crippen LogP contribution in [-0.2, 0) is 19.2 Å². The van der Waals surface area contributed by atoms with E-state index in [0.717, 1.165) is 0 Å². The van der Waals surface area contributed by atoms with Gasteiger partial charge >= 0.3 is 0 Å². The summed E-state index contributed by atoms with van der Waals surface area (Å²) in [5, 5.41) is 17.4. The van der Waals surface area contributed by atoms with Crippen molar-refractivity contribution in [1.82, 2.24) is 0 Å². The number of rotatable bonds is 6. The molecule has 1 aliphatic rings. The highest BCUT2D eigenvalue weighted by Gasteiger charge is 2.32. The normalized spacial score (nSPS) is 26.8. The summed E-state index contributed by atoms with van der Waals surface area (Å²) in [4.78, 5) is 9.48. The Morgan fingerprint density at radius 1 is 1.47 bits per heavy atom. The second kappa shape index (κ2) is 5.74. The van der Waals surface area contributed by atoms with Crippen LogP contribution in [0, 0.1) is 0 Å². The minimum atomic E-state index is -0.915. The van der Waals surface area contributed by atoms with Gasteiger partial charge in [0.1, 0.15) is 25.4 Å². The largest absolute Gasteiger partial charge is 0.394 e. The van der Waals surface area contributed by atoms with E-state index in [0.29, 0.717) is 6.61 Å². The van der Waals surface area contributed by atoms with Crippen molar-refractivity contribution in [2.24, 2.45) is 0 Å². The summed E-state index contributed by atoms with van der Waals surface area (Å²) in [6.45, 7) is 3.93. The Morgan fingerprint density at radius 2 is 2.20 bits per heavy atom. The topological polar surface area (TPSA) is 77.4 Å². The fraction of sp³-hybridized carbons (Fsp3) is 1.00. The fourth-order valence-corrected chi connectivity index (χ4v) is 1.15. The molecule has 2 unspecified atom stereocenters. The summed E-state index contributed by atoms with van der Waals surface area (Å²) in [7, 11) is 0. The maximum atomic E-state index is 8.92. The molecular weight excluding hydrogens is 204 g/mol. The summed E-state index contributed by atoms with van der Waals surface area (Å²) in [5.74, 6) is -0.571. The van der Waals surface area contributed by atoms with Crippen molar-refractivity contribution in [1.29, 1.82) is 0 Å². The van der Waals surface area contributed by atoms with E-state index in [4.69, 9.17) is 24.6 Å². The molecule has 1 heterocycles. The minimum absolute atomic E-state index is 0.0620. The Bertz CT molecular complexity index is 183. The molecule has 1 fully saturated rings. The molecule has 0 aromatic heterocycles. The van der Waals surface area contributed by atoms with Gasteiger partial charge in [-0.1, -0.05) is 0 Å². The van der Waals surface area contributed by atoms with Crippen LogP contribution in [0.15, 0.2) is 0 Å². The summed E-state index contributed by atoms with van der Waals surface area (Å²) in [5.41, 5.74) is 0. The third-order valence-electron chi connectivity index (χ3n) is 1.88. The molecule has 1 rings (SSSR count). The molecule has 0 aromatic carbocycles. The molecule has 1 saturated heterocycles. The third kappa shape index (κ3) is 4.87. The van der Waals surface area contributed by atoms with Crippen molar-refractivity contribution in [3.05, 3.63) is 0 Å². The van der Waals surface area contributed by atoms with Crippen molar-refractivity contribution >= 4 is 0 Å². The van der Waals surface area contributed by atoms with E-state index in [9.17, 15) is 0 Å². The Morgan fingerprint density at radius 3 is 2.73 bits per heavy atom. The van der Waals surface area contributed by atoms with Gasteiger partial charge in [-0.2, -0.15) is 0 Å². The average molecular weight is 222 g/mol. The van der Waals surface area contributed by atoms with E-state index in [1.165, 1.54) is 0 Å². The maximum absolute atomic E-state index is 8.92. The predicted octanol–water partition coefficient (Wildman–Crippen LogP) is -0.561. The van der Waals surface area contributed by atoms with Crippen molar-refractivity contribution in [2.75, 3.05) is 26.4 Å². The van der Waals surface area contributed by atoms with Crippen molar-refractivity contribution < 1.29 is 29.5 Å². The van der Waals surface area contributed by atoms with Gasteiger partial charge in [0.15, 0.2) is 5.79 Å². The highest BCUT2D eigenvalue weighted by atomic mass is 17.2. The SMILES string of the molecule is CC1(C)OCC(COOCC(O)CO)O1. The van der Waals surface area contributed by atoms with E-state index in [-0.39, 0.29) is 25.9 Å². The molecule has 0 bridgehead atoms. The van der Waals surface area contributed by atoms with Gasteiger partial charge in [0.2, 0.25) is 0 Å². The van der Waals surface area contributed by atoms with E-state index in [2.05, 4.69) is 4.89 Å². The van der Waals surface area contributed by atoms with Crippen molar-refractivity contribution in [2.45, 2.75) is 31.8 Å². The third-order valence-corrected chi connectivity index (χ3v) is 1.88. The van der Waals surface area contributed by atoms with Gasteiger partial charge in [0.25, 0.3) is 0 Å². The van der Waals surface area contributed by atoms with Crippen LogP contribution in [0.25, 0.3) is 0 Å². The molecule has 6 nitrogen and oxygen atoms in total. The summed E-state index contributed by atoms with van der Waals surface area (Å²) in [6, 6.07) is 0. The Hall–Kier alpha value is -0.240. The van der Waals surface area contributed by atoms with Gasteiger partial charge in [-0.25, -0.2) is 9.78 Å². The standard InChI is InChI=1S/C9H18O6/c1-9(2)12-5-8(15-9)6-14-13-4-7(11)3-10/h7-8,10-11H,3-6H2,1-2H3. The smallest absolute Gasteiger partial charge is 0.163 e. The zero-order valence-corrected chi connectivity index (χ0v) is 9.01. The first-order valence-electron chi connectivity index (χ1n) is 4.88. The van der Waals surface area contributed by atoms with E-state index in [1.807, 2.05) is 13.8 Å². The molecular formula is C9H18O6. The molecule has 0 aromatic rings. The zero-order chi connectivity index (χ0) is 11.3. The fourth-order valence-electron chi connectivity index (χ4n) is 1.15. The first-order valence-corrected chi connectivity index (χ1v) is 4.88. The first kappa shape index (κ1) is 12.8. The van der Waals surface area contributed by atoms with Crippen LogP contribution >= 0.6 is 0 Å². The molecule has 0 radical (unpaired) electrons. The molecule has 15 heavy (non-hydrogen) atoms. The molecule has 0 saturated carbocycles. The van der Waals surface area contributed by atoms with Crippen LogP contribution < -0.4 is 0 Å². The van der Waals surface area contributed by atoms with Crippen LogP contribution in [0.4, 0.5) is 0 Å². The summed E-state index contributed by atoms with van der Waals surface area (Å²) >= 11 is 0. The van der Waals surface area contributed by atoms with E-state index >= 15 is 0 Å². The van der Waals surface area contributed by atoms with Crippen LogP contribution in [0.5, 0.6) is 0 Å². The maximum Gasteiger partial charge on any atom is 0.163 e. The Balaban J connectivity index is 2.02. The van der Waals surface area contributed by atoms with Crippen LogP contribution in [-0.4, -0.2) is 54.6 Å². The number of hydrogen-bond donors (Lipinski definition) is 2. The second-order valence-electron chi connectivity index (χ2n) is 3.86. The van der Waals surface area contributed by atoms with E-state index in [1.54, 1.807) is 0 Å². The summed E-state index contributed by atoms with van der Waals surface area (Å²) in [6.07, 6.45) is -1.08. The Labute approximate surface area is 88.6 Å². The molecule has 2 atom stereocenters.